The highest BCUT2D eigenvalue weighted by atomic mass is 32.2. The Hall–Kier alpha value is -1.11. The molecule has 1 aliphatic rings. The zero-order valence-electron chi connectivity index (χ0n) is 7.88. The summed E-state index contributed by atoms with van der Waals surface area (Å²) in [6.45, 7) is 0.651. The SMILES string of the molecule is O=S(O)NCC1COc2ccccc2O1. The van der Waals surface area contributed by atoms with Gasteiger partial charge in [0.2, 0.25) is 11.3 Å². The average Bonchev–Trinajstić information content (AvgIpc) is 2.26. The summed E-state index contributed by atoms with van der Waals surface area (Å²) >= 11 is -2.01. The summed E-state index contributed by atoms with van der Waals surface area (Å²) in [4.78, 5) is 0. The van der Waals surface area contributed by atoms with Crippen LogP contribution in [-0.2, 0) is 11.3 Å². The summed E-state index contributed by atoms with van der Waals surface area (Å²) < 4.78 is 32.3. The molecule has 1 aromatic rings. The fourth-order valence-corrected chi connectivity index (χ4v) is 1.66. The molecule has 0 fully saturated rings. The van der Waals surface area contributed by atoms with Crippen LogP contribution in [0.1, 0.15) is 0 Å². The van der Waals surface area contributed by atoms with E-state index in [-0.39, 0.29) is 12.6 Å². The Labute approximate surface area is 89.8 Å². The molecule has 0 saturated carbocycles. The molecule has 1 aliphatic heterocycles. The van der Waals surface area contributed by atoms with E-state index in [1.54, 1.807) is 6.07 Å². The van der Waals surface area contributed by atoms with Crippen LogP contribution in [0.4, 0.5) is 0 Å². The highest BCUT2D eigenvalue weighted by Gasteiger charge is 2.20. The second-order valence-electron chi connectivity index (χ2n) is 3.10. The van der Waals surface area contributed by atoms with Gasteiger partial charge >= 0.3 is 0 Å². The maximum absolute atomic E-state index is 10.4. The van der Waals surface area contributed by atoms with Crippen molar-refractivity contribution in [3.05, 3.63) is 24.3 Å². The highest BCUT2D eigenvalue weighted by molar-refractivity contribution is 7.77. The van der Waals surface area contributed by atoms with Crippen molar-refractivity contribution in [3.8, 4) is 11.5 Å². The number of hydrogen-bond donors (Lipinski definition) is 2. The van der Waals surface area contributed by atoms with Gasteiger partial charge in [0, 0.05) is 0 Å². The Morgan fingerprint density at radius 1 is 1.47 bits per heavy atom. The molecule has 0 saturated heterocycles. The van der Waals surface area contributed by atoms with Crippen LogP contribution in [-0.4, -0.2) is 28.0 Å². The molecule has 6 heteroatoms. The first-order chi connectivity index (χ1) is 7.25. The minimum Gasteiger partial charge on any atom is -0.486 e. The van der Waals surface area contributed by atoms with Crippen molar-refractivity contribution in [3.63, 3.8) is 0 Å². The van der Waals surface area contributed by atoms with Gasteiger partial charge < -0.3 is 9.47 Å². The number of fused-ring (bicyclic) bond motifs is 1. The summed E-state index contributed by atoms with van der Waals surface area (Å²) in [6.07, 6.45) is -0.240. The first-order valence-electron chi connectivity index (χ1n) is 4.48. The van der Waals surface area contributed by atoms with Gasteiger partial charge in [0.05, 0.1) is 6.54 Å². The van der Waals surface area contributed by atoms with Crippen molar-refractivity contribution >= 4 is 11.3 Å². The molecule has 1 aromatic carbocycles. The second kappa shape index (κ2) is 4.61. The van der Waals surface area contributed by atoms with Gasteiger partial charge in [0.15, 0.2) is 11.5 Å². The van der Waals surface area contributed by atoms with Crippen molar-refractivity contribution in [2.45, 2.75) is 6.10 Å². The smallest absolute Gasteiger partial charge is 0.231 e. The maximum atomic E-state index is 10.4. The molecule has 15 heavy (non-hydrogen) atoms. The Kier molecular flexibility index (Phi) is 3.20. The van der Waals surface area contributed by atoms with Crippen LogP contribution in [0.3, 0.4) is 0 Å². The minimum atomic E-state index is -2.01. The Bertz CT molecular complexity index is 371. The summed E-state index contributed by atoms with van der Waals surface area (Å²) in [5.41, 5.74) is 0. The van der Waals surface area contributed by atoms with Crippen molar-refractivity contribution in [1.29, 1.82) is 0 Å². The number of ether oxygens (including phenoxy) is 2. The van der Waals surface area contributed by atoms with Crippen LogP contribution in [0, 0.1) is 0 Å². The largest absolute Gasteiger partial charge is 0.486 e. The molecule has 1 heterocycles. The third-order valence-electron chi connectivity index (χ3n) is 2.00. The van der Waals surface area contributed by atoms with E-state index in [1.807, 2.05) is 18.2 Å². The molecule has 0 aromatic heterocycles. The fourth-order valence-electron chi connectivity index (χ4n) is 1.33. The van der Waals surface area contributed by atoms with Crippen molar-refractivity contribution in [2.24, 2.45) is 0 Å². The molecule has 0 amide bonds. The molecular weight excluding hydrogens is 218 g/mol. The first-order valence-corrected chi connectivity index (χ1v) is 5.59. The number of hydrogen-bond acceptors (Lipinski definition) is 3. The zero-order valence-corrected chi connectivity index (χ0v) is 8.70. The third-order valence-corrected chi connectivity index (χ3v) is 2.42. The maximum Gasteiger partial charge on any atom is 0.231 e. The van der Waals surface area contributed by atoms with E-state index in [4.69, 9.17) is 14.0 Å². The standard InChI is InChI=1S/C9H11NO4S/c11-15(12)10-5-7-6-13-8-3-1-2-4-9(8)14-7/h1-4,7,10H,5-6H2,(H,11,12). The Morgan fingerprint density at radius 3 is 2.93 bits per heavy atom. The predicted octanol–water partition coefficient (Wildman–Crippen LogP) is 0.553. The van der Waals surface area contributed by atoms with Crippen LogP contribution in [0.15, 0.2) is 24.3 Å². The van der Waals surface area contributed by atoms with E-state index in [2.05, 4.69) is 4.72 Å². The summed E-state index contributed by atoms with van der Waals surface area (Å²) in [5.74, 6) is 1.37. The molecule has 0 bridgehead atoms. The lowest BCUT2D eigenvalue weighted by atomic mass is 10.2. The van der Waals surface area contributed by atoms with E-state index in [0.29, 0.717) is 18.1 Å². The number of rotatable bonds is 3. The van der Waals surface area contributed by atoms with E-state index >= 15 is 0 Å². The molecule has 82 valence electrons. The van der Waals surface area contributed by atoms with Crippen LogP contribution in [0.25, 0.3) is 0 Å². The van der Waals surface area contributed by atoms with Gasteiger partial charge in [-0.05, 0) is 12.1 Å². The van der Waals surface area contributed by atoms with Crippen LogP contribution in [0.5, 0.6) is 11.5 Å². The lowest BCUT2D eigenvalue weighted by molar-refractivity contribution is 0.0942. The van der Waals surface area contributed by atoms with Crippen LogP contribution < -0.4 is 14.2 Å². The van der Waals surface area contributed by atoms with Gasteiger partial charge in [-0.2, -0.15) is 0 Å². The first kappa shape index (κ1) is 10.4. The monoisotopic (exact) mass is 229 g/mol. The normalized spacial score (nSPS) is 21.0. The molecule has 2 atom stereocenters. The summed E-state index contributed by atoms with van der Waals surface area (Å²) in [5, 5.41) is 0. The number of nitrogens with one attached hydrogen (secondary N) is 1. The van der Waals surface area contributed by atoms with Gasteiger partial charge in [-0.1, -0.05) is 12.1 Å². The van der Waals surface area contributed by atoms with E-state index in [9.17, 15) is 4.21 Å². The molecule has 0 aliphatic carbocycles. The molecule has 0 spiro atoms. The van der Waals surface area contributed by atoms with Crippen molar-refractivity contribution in [1.82, 2.24) is 4.72 Å². The Balaban J connectivity index is 1.96. The molecule has 2 unspecified atom stereocenters. The van der Waals surface area contributed by atoms with Gasteiger partial charge in [0.1, 0.15) is 12.7 Å². The van der Waals surface area contributed by atoms with E-state index in [0.717, 1.165) is 0 Å². The topological polar surface area (TPSA) is 67.8 Å². The third kappa shape index (κ3) is 2.68. The quantitative estimate of drug-likeness (QED) is 0.743. The lowest BCUT2D eigenvalue weighted by Crippen LogP contribution is -2.38. The second-order valence-corrected chi connectivity index (χ2v) is 3.88. The van der Waals surface area contributed by atoms with E-state index in [1.165, 1.54) is 0 Å². The Morgan fingerprint density at radius 2 is 2.20 bits per heavy atom. The zero-order chi connectivity index (χ0) is 10.7. The average molecular weight is 229 g/mol. The molecule has 2 rings (SSSR count). The van der Waals surface area contributed by atoms with E-state index < -0.39 is 11.3 Å². The predicted molar refractivity (Wildman–Crippen MR) is 55.1 cm³/mol. The van der Waals surface area contributed by atoms with Gasteiger partial charge in [-0.15, -0.1) is 0 Å². The highest BCUT2D eigenvalue weighted by Crippen LogP contribution is 2.30. The molecule has 2 N–H and O–H groups in total. The van der Waals surface area contributed by atoms with Crippen LogP contribution >= 0.6 is 0 Å². The number of benzene rings is 1. The summed E-state index contributed by atoms with van der Waals surface area (Å²) in [7, 11) is 0. The van der Waals surface area contributed by atoms with Gasteiger partial charge in [-0.25, -0.2) is 8.93 Å². The minimum absolute atomic E-state index is 0.240. The molecule has 5 nitrogen and oxygen atoms in total. The number of para-hydroxylation sites is 2. The molecular formula is C9H11NO4S. The van der Waals surface area contributed by atoms with Crippen molar-refractivity contribution < 1.29 is 18.2 Å². The van der Waals surface area contributed by atoms with Gasteiger partial charge in [-0.3, -0.25) is 4.55 Å². The van der Waals surface area contributed by atoms with Gasteiger partial charge in [0.25, 0.3) is 0 Å². The van der Waals surface area contributed by atoms with Crippen molar-refractivity contribution in [2.75, 3.05) is 13.2 Å². The lowest BCUT2D eigenvalue weighted by Gasteiger charge is -2.25. The fraction of sp³-hybridized carbons (Fsp3) is 0.333. The molecule has 0 radical (unpaired) electrons. The summed E-state index contributed by atoms with van der Waals surface area (Å²) in [6, 6.07) is 7.34. The van der Waals surface area contributed by atoms with Crippen LogP contribution in [0.2, 0.25) is 0 Å².